The highest BCUT2D eigenvalue weighted by molar-refractivity contribution is 9.10. The van der Waals surface area contributed by atoms with E-state index in [9.17, 15) is 4.79 Å². The Kier molecular flexibility index (Phi) is 6.87. The zero-order chi connectivity index (χ0) is 17.7. The third-order valence-corrected chi connectivity index (χ3v) is 4.62. The lowest BCUT2D eigenvalue weighted by atomic mass is 10.1. The molecule has 0 aliphatic rings. The van der Waals surface area contributed by atoms with Crippen molar-refractivity contribution in [2.45, 2.75) is 33.6 Å². The minimum absolute atomic E-state index is 0.385. The maximum atomic E-state index is 12.4. The number of halogens is 2. The third-order valence-electron chi connectivity index (χ3n) is 3.54. The second-order valence-corrected chi connectivity index (χ2v) is 7.38. The van der Waals surface area contributed by atoms with Crippen LogP contribution in [0.1, 0.15) is 41.3 Å². The molecule has 0 fully saturated rings. The standard InChI is InChI=1S/C19H20Br2O3/c1-4-5-8-23-17-7-6-14(11-16(17)21)19(22)24-18-12(2)9-15(20)10-13(18)3/h6-7,9-11H,4-5,8H2,1-3H3. The number of hydrogen-bond acceptors (Lipinski definition) is 3. The lowest BCUT2D eigenvalue weighted by molar-refractivity contribution is 0.0732. The van der Waals surface area contributed by atoms with Gasteiger partial charge in [-0.05, 0) is 77.7 Å². The molecular formula is C19H20Br2O3. The van der Waals surface area contributed by atoms with E-state index in [0.717, 1.165) is 38.7 Å². The Morgan fingerprint density at radius 3 is 2.33 bits per heavy atom. The molecule has 0 saturated carbocycles. The van der Waals surface area contributed by atoms with Crippen LogP contribution in [0.4, 0.5) is 0 Å². The fourth-order valence-electron chi connectivity index (χ4n) is 2.28. The highest BCUT2D eigenvalue weighted by atomic mass is 79.9. The molecule has 0 radical (unpaired) electrons. The van der Waals surface area contributed by atoms with E-state index in [1.54, 1.807) is 18.2 Å². The monoisotopic (exact) mass is 454 g/mol. The van der Waals surface area contributed by atoms with E-state index in [-0.39, 0.29) is 5.97 Å². The van der Waals surface area contributed by atoms with Crippen LogP contribution in [0.2, 0.25) is 0 Å². The van der Waals surface area contributed by atoms with Crippen LogP contribution in [0.3, 0.4) is 0 Å². The van der Waals surface area contributed by atoms with Crippen molar-refractivity contribution in [3.05, 3.63) is 56.0 Å². The number of benzene rings is 2. The largest absolute Gasteiger partial charge is 0.492 e. The van der Waals surface area contributed by atoms with Gasteiger partial charge in [0, 0.05) is 4.47 Å². The molecule has 5 heteroatoms. The Morgan fingerprint density at radius 2 is 1.75 bits per heavy atom. The number of hydrogen-bond donors (Lipinski definition) is 0. The third kappa shape index (κ3) is 4.84. The van der Waals surface area contributed by atoms with Gasteiger partial charge in [0.05, 0.1) is 16.6 Å². The highest BCUT2D eigenvalue weighted by Gasteiger charge is 2.15. The van der Waals surface area contributed by atoms with E-state index in [4.69, 9.17) is 9.47 Å². The molecule has 3 nitrogen and oxygen atoms in total. The summed E-state index contributed by atoms with van der Waals surface area (Å²) >= 11 is 6.89. The van der Waals surface area contributed by atoms with Crippen LogP contribution in [0.15, 0.2) is 39.3 Å². The molecule has 0 spiro atoms. The van der Waals surface area contributed by atoms with Crippen molar-refractivity contribution in [2.24, 2.45) is 0 Å². The van der Waals surface area contributed by atoms with Crippen LogP contribution >= 0.6 is 31.9 Å². The fourth-order valence-corrected chi connectivity index (χ4v) is 3.46. The summed E-state index contributed by atoms with van der Waals surface area (Å²) < 4.78 is 13.0. The van der Waals surface area contributed by atoms with Gasteiger partial charge < -0.3 is 9.47 Å². The van der Waals surface area contributed by atoms with E-state index in [1.165, 1.54) is 0 Å². The van der Waals surface area contributed by atoms with Crippen molar-refractivity contribution in [1.29, 1.82) is 0 Å². The van der Waals surface area contributed by atoms with E-state index in [1.807, 2.05) is 26.0 Å². The van der Waals surface area contributed by atoms with Crippen molar-refractivity contribution < 1.29 is 14.3 Å². The van der Waals surface area contributed by atoms with E-state index in [0.29, 0.717) is 17.9 Å². The molecule has 0 saturated heterocycles. The molecular weight excluding hydrogens is 436 g/mol. The predicted octanol–water partition coefficient (Wildman–Crippen LogP) is 6.23. The van der Waals surface area contributed by atoms with E-state index < -0.39 is 0 Å². The molecule has 0 aliphatic heterocycles. The fraction of sp³-hybridized carbons (Fsp3) is 0.316. The van der Waals surface area contributed by atoms with Crippen molar-refractivity contribution in [3.8, 4) is 11.5 Å². The van der Waals surface area contributed by atoms with Gasteiger partial charge in [-0.1, -0.05) is 29.3 Å². The summed E-state index contributed by atoms with van der Waals surface area (Å²) in [7, 11) is 0. The van der Waals surface area contributed by atoms with E-state index >= 15 is 0 Å². The van der Waals surface area contributed by atoms with Gasteiger partial charge in [-0.2, -0.15) is 0 Å². The molecule has 0 aliphatic carbocycles. The van der Waals surface area contributed by atoms with Gasteiger partial charge in [0.1, 0.15) is 11.5 Å². The lowest BCUT2D eigenvalue weighted by Gasteiger charge is -2.12. The SMILES string of the molecule is CCCCOc1ccc(C(=O)Oc2c(C)cc(Br)cc2C)cc1Br. The number of aryl methyl sites for hydroxylation is 2. The molecule has 0 unspecified atom stereocenters. The van der Waals surface area contributed by atoms with E-state index in [2.05, 4.69) is 38.8 Å². The summed E-state index contributed by atoms with van der Waals surface area (Å²) in [5, 5.41) is 0. The Balaban J connectivity index is 2.14. The zero-order valence-electron chi connectivity index (χ0n) is 14.0. The van der Waals surface area contributed by atoms with Crippen molar-refractivity contribution >= 4 is 37.8 Å². The summed E-state index contributed by atoms with van der Waals surface area (Å²) in [6.07, 6.45) is 2.08. The first kappa shape index (κ1) is 19.0. The van der Waals surface area contributed by atoms with Crippen LogP contribution < -0.4 is 9.47 Å². The zero-order valence-corrected chi connectivity index (χ0v) is 17.2. The molecule has 0 aromatic heterocycles. The number of carbonyl (C=O) groups is 1. The number of unbranched alkanes of at least 4 members (excludes halogenated alkanes) is 1. The molecule has 2 aromatic carbocycles. The van der Waals surface area contributed by atoms with Gasteiger partial charge in [-0.3, -0.25) is 0 Å². The van der Waals surface area contributed by atoms with Crippen LogP contribution in [-0.4, -0.2) is 12.6 Å². The maximum Gasteiger partial charge on any atom is 0.343 e. The average molecular weight is 456 g/mol. The Labute approximate surface area is 159 Å². The van der Waals surface area contributed by atoms with Crippen LogP contribution in [0, 0.1) is 13.8 Å². The smallest absolute Gasteiger partial charge is 0.343 e. The minimum atomic E-state index is -0.385. The normalized spacial score (nSPS) is 10.5. The van der Waals surface area contributed by atoms with Gasteiger partial charge in [0.2, 0.25) is 0 Å². The molecule has 0 atom stereocenters. The number of rotatable bonds is 6. The number of carbonyl (C=O) groups excluding carboxylic acids is 1. The average Bonchev–Trinajstić information content (AvgIpc) is 2.52. The van der Waals surface area contributed by atoms with Crippen molar-refractivity contribution in [1.82, 2.24) is 0 Å². The van der Waals surface area contributed by atoms with Crippen LogP contribution in [0.5, 0.6) is 11.5 Å². The van der Waals surface area contributed by atoms with Crippen LogP contribution in [-0.2, 0) is 0 Å². The van der Waals surface area contributed by atoms with Crippen molar-refractivity contribution in [2.75, 3.05) is 6.61 Å². The minimum Gasteiger partial charge on any atom is -0.492 e. The molecule has 0 amide bonds. The summed E-state index contributed by atoms with van der Waals surface area (Å²) in [6.45, 7) is 6.61. The second kappa shape index (κ2) is 8.67. The quantitative estimate of drug-likeness (QED) is 0.294. The summed E-state index contributed by atoms with van der Waals surface area (Å²) in [5.41, 5.74) is 2.30. The van der Waals surface area contributed by atoms with Gasteiger partial charge >= 0.3 is 5.97 Å². The summed E-state index contributed by atoms with van der Waals surface area (Å²) in [6, 6.07) is 9.09. The summed E-state index contributed by atoms with van der Waals surface area (Å²) in [4.78, 5) is 12.4. The number of ether oxygens (including phenoxy) is 2. The maximum absolute atomic E-state index is 12.4. The molecule has 0 N–H and O–H groups in total. The van der Waals surface area contributed by atoms with Gasteiger partial charge in [-0.15, -0.1) is 0 Å². The summed E-state index contributed by atoms with van der Waals surface area (Å²) in [5.74, 6) is 0.947. The Hall–Kier alpha value is -1.33. The Morgan fingerprint density at radius 1 is 1.08 bits per heavy atom. The molecule has 128 valence electrons. The predicted molar refractivity (Wildman–Crippen MR) is 103 cm³/mol. The first-order valence-electron chi connectivity index (χ1n) is 7.83. The Bertz CT molecular complexity index is 718. The molecule has 0 heterocycles. The highest BCUT2D eigenvalue weighted by Crippen LogP contribution is 2.30. The molecule has 24 heavy (non-hydrogen) atoms. The van der Waals surface area contributed by atoms with Gasteiger partial charge in [0.15, 0.2) is 0 Å². The first-order chi connectivity index (χ1) is 11.4. The van der Waals surface area contributed by atoms with Gasteiger partial charge in [-0.25, -0.2) is 4.79 Å². The molecule has 2 rings (SSSR count). The number of esters is 1. The first-order valence-corrected chi connectivity index (χ1v) is 9.42. The van der Waals surface area contributed by atoms with Crippen molar-refractivity contribution in [3.63, 3.8) is 0 Å². The molecule has 0 bridgehead atoms. The van der Waals surface area contributed by atoms with Gasteiger partial charge in [0.25, 0.3) is 0 Å². The van der Waals surface area contributed by atoms with Crippen LogP contribution in [0.25, 0.3) is 0 Å². The lowest BCUT2D eigenvalue weighted by Crippen LogP contribution is -2.10. The molecule has 2 aromatic rings. The second-order valence-electron chi connectivity index (χ2n) is 5.61. The topological polar surface area (TPSA) is 35.5 Å².